The van der Waals surface area contributed by atoms with Gasteiger partial charge >= 0.3 is 5.97 Å². The van der Waals surface area contributed by atoms with Crippen LogP contribution in [-0.4, -0.2) is 12.1 Å². The van der Waals surface area contributed by atoms with Crippen LogP contribution in [0.5, 0.6) is 0 Å². The van der Waals surface area contributed by atoms with E-state index in [2.05, 4.69) is 6.92 Å². The molecule has 0 aromatic heterocycles. The van der Waals surface area contributed by atoms with Crippen LogP contribution >= 0.6 is 0 Å². The molecule has 2 atom stereocenters. The molecule has 0 aromatic rings. The summed E-state index contributed by atoms with van der Waals surface area (Å²) in [5.74, 6) is 0.775. The van der Waals surface area contributed by atoms with Gasteiger partial charge in [-0.2, -0.15) is 0 Å². The van der Waals surface area contributed by atoms with Gasteiger partial charge in [-0.3, -0.25) is 4.79 Å². The minimum absolute atomic E-state index is 0.00532. The van der Waals surface area contributed by atoms with Crippen molar-refractivity contribution in [3.63, 3.8) is 0 Å². The van der Waals surface area contributed by atoms with E-state index in [1.165, 1.54) is 19.3 Å². The third-order valence-corrected chi connectivity index (χ3v) is 3.06. The maximum absolute atomic E-state index is 11.3. The lowest BCUT2D eigenvalue weighted by Gasteiger charge is -2.28. The van der Waals surface area contributed by atoms with Crippen LogP contribution in [0, 0.1) is 5.92 Å². The average molecular weight is 198 g/mol. The van der Waals surface area contributed by atoms with Crippen molar-refractivity contribution in [3.8, 4) is 0 Å². The average Bonchev–Trinajstić information content (AvgIpc) is 2.18. The highest BCUT2D eigenvalue weighted by Gasteiger charge is 2.23. The molecular weight excluding hydrogens is 176 g/mol. The number of carbonyl (C=O) groups is 1. The van der Waals surface area contributed by atoms with E-state index in [1.807, 2.05) is 6.92 Å². The molecule has 0 heterocycles. The smallest absolute Gasteiger partial charge is 0.306 e. The zero-order valence-electron chi connectivity index (χ0n) is 9.42. The van der Waals surface area contributed by atoms with Crippen molar-refractivity contribution in [2.24, 2.45) is 5.92 Å². The van der Waals surface area contributed by atoms with Crippen LogP contribution in [0.2, 0.25) is 0 Å². The fourth-order valence-electron chi connectivity index (χ4n) is 2.17. The van der Waals surface area contributed by atoms with Gasteiger partial charge in [-0.05, 0) is 31.6 Å². The molecular formula is C12H22O2. The Hall–Kier alpha value is -0.530. The van der Waals surface area contributed by atoms with Gasteiger partial charge in [-0.15, -0.1) is 0 Å². The monoisotopic (exact) mass is 198 g/mol. The molecule has 0 N–H and O–H groups in total. The van der Waals surface area contributed by atoms with Gasteiger partial charge in [0.05, 0.1) is 0 Å². The van der Waals surface area contributed by atoms with Crippen molar-refractivity contribution in [2.45, 2.75) is 64.9 Å². The Morgan fingerprint density at radius 1 is 1.36 bits per heavy atom. The Kier molecular flexibility index (Phi) is 4.99. The van der Waals surface area contributed by atoms with Gasteiger partial charge < -0.3 is 4.74 Å². The highest BCUT2D eigenvalue weighted by atomic mass is 16.5. The predicted octanol–water partition coefficient (Wildman–Crippen LogP) is 3.30. The summed E-state index contributed by atoms with van der Waals surface area (Å²) in [6, 6.07) is 0. The molecule has 2 unspecified atom stereocenters. The minimum Gasteiger partial charge on any atom is -0.462 e. The maximum Gasteiger partial charge on any atom is 0.306 e. The van der Waals surface area contributed by atoms with Gasteiger partial charge in [-0.25, -0.2) is 0 Å². The Morgan fingerprint density at radius 2 is 2.14 bits per heavy atom. The summed E-state index contributed by atoms with van der Waals surface area (Å²) in [6.45, 7) is 4.23. The zero-order chi connectivity index (χ0) is 10.4. The molecule has 0 spiro atoms. The molecule has 0 saturated heterocycles. The molecule has 14 heavy (non-hydrogen) atoms. The predicted molar refractivity (Wildman–Crippen MR) is 57.0 cm³/mol. The van der Waals surface area contributed by atoms with Crippen molar-refractivity contribution in [2.75, 3.05) is 0 Å². The third kappa shape index (κ3) is 3.69. The highest BCUT2D eigenvalue weighted by molar-refractivity contribution is 5.69. The van der Waals surface area contributed by atoms with E-state index in [-0.39, 0.29) is 12.1 Å². The van der Waals surface area contributed by atoms with Gasteiger partial charge in [0.2, 0.25) is 0 Å². The number of carbonyl (C=O) groups excluding carboxylic acids is 1. The van der Waals surface area contributed by atoms with Crippen LogP contribution in [0.15, 0.2) is 0 Å². The summed E-state index contributed by atoms with van der Waals surface area (Å²) >= 11 is 0. The first-order valence-corrected chi connectivity index (χ1v) is 5.95. The van der Waals surface area contributed by atoms with Crippen LogP contribution < -0.4 is 0 Å². The molecule has 1 fully saturated rings. The van der Waals surface area contributed by atoms with E-state index in [4.69, 9.17) is 4.74 Å². The van der Waals surface area contributed by atoms with E-state index in [0.29, 0.717) is 6.42 Å². The molecule has 2 heteroatoms. The standard InChI is InChI=1S/C12H22O2/c1-3-6-12(13)14-11-8-5-7-10(4-2)9-11/h10-11H,3-9H2,1-2H3. The quantitative estimate of drug-likeness (QED) is 0.648. The lowest BCUT2D eigenvalue weighted by atomic mass is 9.85. The van der Waals surface area contributed by atoms with Crippen LogP contribution in [-0.2, 0) is 9.53 Å². The molecule has 1 saturated carbocycles. The summed E-state index contributed by atoms with van der Waals surface area (Å²) < 4.78 is 5.42. The van der Waals surface area contributed by atoms with Crippen molar-refractivity contribution >= 4 is 5.97 Å². The lowest BCUT2D eigenvalue weighted by Crippen LogP contribution is -2.25. The van der Waals surface area contributed by atoms with E-state index >= 15 is 0 Å². The summed E-state index contributed by atoms with van der Waals surface area (Å²) in [5, 5.41) is 0. The van der Waals surface area contributed by atoms with Crippen LogP contribution in [0.4, 0.5) is 0 Å². The Labute approximate surface area is 87.0 Å². The van der Waals surface area contributed by atoms with Gasteiger partial charge in [0.1, 0.15) is 6.10 Å². The first kappa shape index (κ1) is 11.5. The second-order valence-corrected chi connectivity index (χ2v) is 4.30. The number of rotatable bonds is 4. The lowest BCUT2D eigenvalue weighted by molar-refractivity contribution is -0.151. The summed E-state index contributed by atoms with van der Waals surface area (Å²) in [4.78, 5) is 11.3. The normalized spacial score (nSPS) is 27.3. The Bertz CT molecular complexity index is 177. The second kappa shape index (κ2) is 6.05. The van der Waals surface area contributed by atoms with Gasteiger partial charge in [0.15, 0.2) is 0 Å². The maximum atomic E-state index is 11.3. The van der Waals surface area contributed by atoms with Crippen LogP contribution in [0.1, 0.15) is 58.8 Å². The first-order chi connectivity index (χ1) is 6.76. The van der Waals surface area contributed by atoms with Crippen molar-refractivity contribution in [1.29, 1.82) is 0 Å². The van der Waals surface area contributed by atoms with Crippen molar-refractivity contribution in [3.05, 3.63) is 0 Å². The second-order valence-electron chi connectivity index (χ2n) is 4.30. The fraction of sp³-hybridized carbons (Fsp3) is 0.917. The summed E-state index contributed by atoms with van der Waals surface area (Å²) in [6.07, 6.45) is 7.62. The largest absolute Gasteiger partial charge is 0.462 e. The topological polar surface area (TPSA) is 26.3 Å². The fourth-order valence-corrected chi connectivity index (χ4v) is 2.17. The third-order valence-electron chi connectivity index (χ3n) is 3.06. The summed E-state index contributed by atoms with van der Waals surface area (Å²) in [5.41, 5.74) is 0. The van der Waals surface area contributed by atoms with Crippen LogP contribution in [0.3, 0.4) is 0 Å². The Morgan fingerprint density at radius 3 is 2.79 bits per heavy atom. The number of hydrogen-bond acceptors (Lipinski definition) is 2. The molecule has 0 amide bonds. The minimum atomic E-state index is -0.00532. The molecule has 0 bridgehead atoms. The van der Waals surface area contributed by atoms with Gasteiger partial charge in [0.25, 0.3) is 0 Å². The highest BCUT2D eigenvalue weighted by Crippen LogP contribution is 2.28. The molecule has 1 aliphatic carbocycles. The van der Waals surface area contributed by atoms with E-state index < -0.39 is 0 Å². The van der Waals surface area contributed by atoms with Gasteiger partial charge in [-0.1, -0.05) is 26.7 Å². The SMILES string of the molecule is CCCC(=O)OC1CCCC(CC)C1. The number of ether oxygens (including phenoxy) is 1. The molecule has 0 aliphatic heterocycles. The van der Waals surface area contributed by atoms with E-state index in [0.717, 1.165) is 25.2 Å². The number of esters is 1. The Balaban J connectivity index is 2.26. The summed E-state index contributed by atoms with van der Waals surface area (Å²) in [7, 11) is 0. The number of hydrogen-bond donors (Lipinski definition) is 0. The van der Waals surface area contributed by atoms with E-state index in [9.17, 15) is 4.79 Å². The van der Waals surface area contributed by atoms with E-state index in [1.54, 1.807) is 0 Å². The van der Waals surface area contributed by atoms with Crippen molar-refractivity contribution < 1.29 is 9.53 Å². The molecule has 0 aromatic carbocycles. The van der Waals surface area contributed by atoms with Crippen LogP contribution in [0.25, 0.3) is 0 Å². The molecule has 1 aliphatic rings. The van der Waals surface area contributed by atoms with Gasteiger partial charge in [0, 0.05) is 6.42 Å². The molecule has 82 valence electrons. The molecule has 1 rings (SSSR count). The molecule has 0 radical (unpaired) electrons. The zero-order valence-corrected chi connectivity index (χ0v) is 9.42. The first-order valence-electron chi connectivity index (χ1n) is 5.95. The molecule has 2 nitrogen and oxygen atoms in total. The van der Waals surface area contributed by atoms with Crippen molar-refractivity contribution in [1.82, 2.24) is 0 Å².